The second kappa shape index (κ2) is 6.00. The van der Waals surface area contributed by atoms with Crippen LogP contribution in [0, 0.1) is 11.8 Å². The second-order valence-electron chi connectivity index (χ2n) is 4.97. The van der Waals surface area contributed by atoms with E-state index in [1.165, 1.54) is 0 Å². The van der Waals surface area contributed by atoms with E-state index >= 15 is 0 Å². The van der Waals surface area contributed by atoms with Crippen molar-refractivity contribution in [1.82, 2.24) is 10.2 Å². The number of nitrogens with two attached hydrogens (primary N) is 1. The van der Waals surface area contributed by atoms with Crippen LogP contribution in [-0.4, -0.2) is 42.9 Å². The summed E-state index contributed by atoms with van der Waals surface area (Å²) in [7, 11) is 1.83. The van der Waals surface area contributed by atoms with Crippen molar-refractivity contribution in [3.63, 3.8) is 0 Å². The Kier molecular flexibility index (Phi) is 4.93. The molecular formula is C12H23N3O2. The molecule has 0 aliphatic carbocycles. The number of hydrogen-bond acceptors (Lipinski definition) is 3. The highest BCUT2D eigenvalue weighted by Gasteiger charge is 2.33. The van der Waals surface area contributed by atoms with Gasteiger partial charge in [0.15, 0.2) is 0 Å². The van der Waals surface area contributed by atoms with Crippen LogP contribution >= 0.6 is 0 Å². The van der Waals surface area contributed by atoms with E-state index in [9.17, 15) is 9.59 Å². The molecule has 2 amide bonds. The molecule has 0 aromatic heterocycles. The van der Waals surface area contributed by atoms with Gasteiger partial charge in [-0.25, -0.2) is 0 Å². The van der Waals surface area contributed by atoms with E-state index in [2.05, 4.69) is 5.32 Å². The van der Waals surface area contributed by atoms with Gasteiger partial charge in [-0.1, -0.05) is 6.92 Å². The molecule has 98 valence electrons. The van der Waals surface area contributed by atoms with Crippen LogP contribution in [0.1, 0.15) is 26.7 Å². The van der Waals surface area contributed by atoms with Gasteiger partial charge in [0, 0.05) is 25.0 Å². The first kappa shape index (κ1) is 14.0. The van der Waals surface area contributed by atoms with Crippen molar-refractivity contribution < 1.29 is 9.59 Å². The molecule has 0 spiro atoms. The van der Waals surface area contributed by atoms with Crippen LogP contribution < -0.4 is 11.1 Å². The molecule has 0 aromatic rings. The van der Waals surface area contributed by atoms with Gasteiger partial charge >= 0.3 is 0 Å². The number of carbonyl (C=O) groups excluding carboxylic acids is 2. The standard InChI is InChI=1S/C12H23N3O2/c1-8(6-14-3)12(17)15-7-10(11(13)16)5-4-9(15)2/h8-10,14H,4-7H2,1-3H3,(H2,13,16). The third-order valence-electron chi connectivity index (χ3n) is 3.50. The van der Waals surface area contributed by atoms with Crippen molar-refractivity contribution in [2.45, 2.75) is 32.7 Å². The molecule has 3 atom stereocenters. The molecule has 5 nitrogen and oxygen atoms in total. The molecule has 0 aromatic carbocycles. The quantitative estimate of drug-likeness (QED) is 0.725. The number of primary amides is 1. The third-order valence-corrected chi connectivity index (χ3v) is 3.50. The van der Waals surface area contributed by atoms with Crippen molar-refractivity contribution in [2.75, 3.05) is 20.1 Å². The fraction of sp³-hybridized carbons (Fsp3) is 0.833. The number of hydrogen-bond donors (Lipinski definition) is 2. The molecule has 0 saturated carbocycles. The van der Waals surface area contributed by atoms with Gasteiger partial charge in [-0.15, -0.1) is 0 Å². The molecule has 0 radical (unpaired) electrons. The normalized spacial score (nSPS) is 26.6. The Bertz CT molecular complexity index is 293. The number of rotatable bonds is 4. The minimum absolute atomic E-state index is 0.0610. The zero-order valence-electron chi connectivity index (χ0n) is 10.9. The molecule has 1 heterocycles. The fourth-order valence-electron chi connectivity index (χ4n) is 2.32. The summed E-state index contributed by atoms with van der Waals surface area (Å²) in [5, 5.41) is 3.00. The second-order valence-corrected chi connectivity index (χ2v) is 4.97. The van der Waals surface area contributed by atoms with Crippen LogP contribution in [0.3, 0.4) is 0 Å². The van der Waals surface area contributed by atoms with Crippen LogP contribution in [0.15, 0.2) is 0 Å². The first-order valence-electron chi connectivity index (χ1n) is 6.21. The average molecular weight is 241 g/mol. The number of piperidine rings is 1. The van der Waals surface area contributed by atoms with Crippen molar-refractivity contribution in [2.24, 2.45) is 17.6 Å². The van der Waals surface area contributed by atoms with Crippen molar-refractivity contribution >= 4 is 11.8 Å². The SMILES string of the molecule is CNCC(C)C(=O)N1CC(C(N)=O)CCC1C. The molecule has 0 bridgehead atoms. The summed E-state index contributed by atoms with van der Waals surface area (Å²) in [6.07, 6.45) is 1.65. The summed E-state index contributed by atoms with van der Waals surface area (Å²) in [5.41, 5.74) is 5.32. The van der Waals surface area contributed by atoms with Gasteiger partial charge in [-0.3, -0.25) is 9.59 Å². The largest absolute Gasteiger partial charge is 0.369 e. The molecule has 1 aliphatic rings. The van der Waals surface area contributed by atoms with Crippen molar-refractivity contribution in [3.8, 4) is 0 Å². The lowest BCUT2D eigenvalue weighted by Gasteiger charge is -2.38. The maximum absolute atomic E-state index is 12.2. The number of nitrogens with zero attached hydrogens (tertiary/aromatic N) is 1. The van der Waals surface area contributed by atoms with Gasteiger partial charge in [-0.05, 0) is 26.8 Å². The summed E-state index contributed by atoms with van der Waals surface area (Å²) in [6.45, 7) is 5.06. The highest BCUT2D eigenvalue weighted by molar-refractivity contribution is 5.81. The minimum atomic E-state index is -0.295. The number of nitrogens with one attached hydrogen (secondary N) is 1. The van der Waals surface area contributed by atoms with Crippen molar-refractivity contribution in [3.05, 3.63) is 0 Å². The van der Waals surface area contributed by atoms with E-state index in [1.807, 2.05) is 20.9 Å². The average Bonchev–Trinajstić information content (AvgIpc) is 2.28. The zero-order valence-corrected chi connectivity index (χ0v) is 10.9. The lowest BCUT2D eigenvalue weighted by Crippen LogP contribution is -2.51. The lowest BCUT2D eigenvalue weighted by atomic mass is 9.92. The summed E-state index contributed by atoms with van der Waals surface area (Å²) in [6, 6.07) is 0.206. The summed E-state index contributed by atoms with van der Waals surface area (Å²) in [5.74, 6) is -0.431. The van der Waals surface area contributed by atoms with Gasteiger partial charge in [0.2, 0.25) is 11.8 Å². The van der Waals surface area contributed by atoms with Gasteiger partial charge in [0.25, 0.3) is 0 Å². The summed E-state index contributed by atoms with van der Waals surface area (Å²) >= 11 is 0. The first-order valence-corrected chi connectivity index (χ1v) is 6.21. The molecule has 3 unspecified atom stereocenters. The van der Waals surface area contributed by atoms with Crippen LogP contribution in [-0.2, 0) is 9.59 Å². The highest BCUT2D eigenvalue weighted by atomic mass is 16.2. The van der Waals surface area contributed by atoms with Gasteiger partial charge in [0.1, 0.15) is 0 Å². The molecular weight excluding hydrogens is 218 g/mol. The van der Waals surface area contributed by atoms with E-state index in [1.54, 1.807) is 4.90 Å². The first-order chi connectivity index (χ1) is 7.97. The molecule has 5 heteroatoms. The summed E-state index contributed by atoms with van der Waals surface area (Å²) < 4.78 is 0. The Balaban J connectivity index is 2.66. The minimum Gasteiger partial charge on any atom is -0.369 e. The van der Waals surface area contributed by atoms with E-state index in [-0.39, 0.29) is 29.7 Å². The lowest BCUT2D eigenvalue weighted by molar-refractivity contribution is -0.140. The van der Waals surface area contributed by atoms with E-state index in [0.717, 1.165) is 12.8 Å². The molecule has 3 N–H and O–H groups in total. The third kappa shape index (κ3) is 3.43. The Hall–Kier alpha value is -1.10. The van der Waals surface area contributed by atoms with Gasteiger partial charge < -0.3 is 16.0 Å². The maximum Gasteiger partial charge on any atom is 0.226 e. The van der Waals surface area contributed by atoms with E-state index < -0.39 is 0 Å². The molecule has 1 rings (SSSR count). The Labute approximate surface area is 103 Å². The number of likely N-dealkylation sites (tertiary alicyclic amines) is 1. The van der Waals surface area contributed by atoms with E-state index in [0.29, 0.717) is 13.1 Å². The van der Waals surface area contributed by atoms with Crippen LogP contribution in [0.5, 0.6) is 0 Å². The van der Waals surface area contributed by atoms with E-state index in [4.69, 9.17) is 5.73 Å². The smallest absolute Gasteiger partial charge is 0.226 e. The van der Waals surface area contributed by atoms with Gasteiger partial charge in [0.05, 0.1) is 5.92 Å². The fourth-order valence-corrected chi connectivity index (χ4v) is 2.32. The molecule has 1 aliphatic heterocycles. The molecule has 1 saturated heterocycles. The number of amides is 2. The highest BCUT2D eigenvalue weighted by Crippen LogP contribution is 2.23. The topological polar surface area (TPSA) is 75.4 Å². The predicted octanol–water partition coefficient (Wildman–Crippen LogP) is -0.0457. The van der Waals surface area contributed by atoms with Crippen LogP contribution in [0.25, 0.3) is 0 Å². The summed E-state index contributed by atoms with van der Waals surface area (Å²) in [4.78, 5) is 25.2. The monoisotopic (exact) mass is 241 g/mol. The Morgan fingerprint density at radius 1 is 1.47 bits per heavy atom. The maximum atomic E-state index is 12.2. The number of carbonyl (C=O) groups is 2. The Morgan fingerprint density at radius 2 is 2.12 bits per heavy atom. The molecule has 17 heavy (non-hydrogen) atoms. The predicted molar refractivity (Wildman–Crippen MR) is 66.2 cm³/mol. The molecule has 1 fully saturated rings. The zero-order chi connectivity index (χ0) is 13.0. The van der Waals surface area contributed by atoms with Gasteiger partial charge in [-0.2, -0.15) is 0 Å². The van der Waals surface area contributed by atoms with Crippen LogP contribution in [0.2, 0.25) is 0 Å². The Morgan fingerprint density at radius 3 is 2.65 bits per heavy atom. The van der Waals surface area contributed by atoms with Crippen LogP contribution in [0.4, 0.5) is 0 Å². The van der Waals surface area contributed by atoms with Crippen molar-refractivity contribution in [1.29, 1.82) is 0 Å².